The Morgan fingerprint density at radius 2 is 1.52 bits per heavy atom. The van der Waals surface area contributed by atoms with Gasteiger partial charge >= 0.3 is 0 Å². The highest BCUT2D eigenvalue weighted by atomic mass is 16.5. The fourth-order valence-electron chi connectivity index (χ4n) is 2.96. The number of hydrogen-bond acceptors (Lipinski definition) is 4. The second kappa shape index (κ2) is 8.80. The number of fused-ring (bicyclic) bond motifs is 1. The zero-order valence-electron chi connectivity index (χ0n) is 15.7. The number of benzene rings is 3. The van der Waals surface area contributed by atoms with Crippen LogP contribution >= 0.6 is 0 Å². The minimum atomic E-state index is -0.333. The number of hydrazone groups is 1. The molecule has 1 heterocycles. The first-order valence-corrected chi connectivity index (χ1v) is 9.23. The largest absolute Gasteiger partial charge is 0.484 e. The van der Waals surface area contributed by atoms with Crippen LogP contribution in [0.4, 0.5) is 0 Å². The number of nitrogens with one attached hydrogen (secondary N) is 1. The number of carbonyl (C=O) groups is 1. The molecule has 0 radical (unpaired) electrons. The van der Waals surface area contributed by atoms with Crippen molar-refractivity contribution in [3.63, 3.8) is 0 Å². The summed E-state index contributed by atoms with van der Waals surface area (Å²) in [4.78, 5) is 16.3. The molecule has 29 heavy (non-hydrogen) atoms. The number of ether oxygens (including phenoxy) is 1. The van der Waals surface area contributed by atoms with Crippen LogP contribution in [-0.2, 0) is 4.79 Å². The molecule has 5 heteroatoms. The Kier molecular flexibility index (Phi) is 5.58. The highest BCUT2D eigenvalue weighted by molar-refractivity contribution is 6.13. The Hall–Kier alpha value is -3.99. The fraction of sp³-hybridized carbons (Fsp3) is 0.0417. The third kappa shape index (κ3) is 4.65. The van der Waals surface area contributed by atoms with Crippen molar-refractivity contribution < 1.29 is 9.53 Å². The summed E-state index contributed by atoms with van der Waals surface area (Å²) in [5.74, 6) is 0.306. The van der Waals surface area contributed by atoms with Crippen LogP contribution in [0, 0.1) is 0 Å². The normalized spacial score (nSPS) is 11.2. The molecule has 142 valence electrons. The molecule has 0 saturated carbocycles. The molecule has 4 rings (SSSR count). The van der Waals surface area contributed by atoms with E-state index in [4.69, 9.17) is 4.74 Å². The third-order valence-corrected chi connectivity index (χ3v) is 4.38. The van der Waals surface area contributed by atoms with E-state index in [2.05, 4.69) is 15.5 Å². The Morgan fingerprint density at radius 1 is 0.828 bits per heavy atom. The zero-order valence-corrected chi connectivity index (χ0v) is 15.7. The maximum Gasteiger partial charge on any atom is 0.277 e. The number of carbonyl (C=O) groups excluding carboxylic acids is 1. The summed E-state index contributed by atoms with van der Waals surface area (Å²) in [5.41, 5.74) is 5.01. The van der Waals surface area contributed by atoms with Crippen molar-refractivity contribution in [2.45, 2.75) is 0 Å². The molecule has 5 nitrogen and oxygen atoms in total. The predicted molar refractivity (Wildman–Crippen MR) is 114 cm³/mol. The van der Waals surface area contributed by atoms with Gasteiger partial charge in [0.05, 0.1) is 5.71 Å². The molecular formula is C24H19N3O2. The number of pyridine rings is 1. The molecule has 0 aliphatic rings. The summed E-state index contributed by atoms with van der Waals surface area (Å²) in [6.45, 7) is -0.125. The molecule has 0 aliphatic carbocycles. The van der Waals surface area contributed by atoms with Crippen LogP contribution in [0.25, 0.3) is 10.8 Å². The van der Waals surface area contributed by atoms with E-state index in [1.807, 2.05) is 84.9 Å². The van der Waals surface area contributed by atoms with Gasteiger partial charge in [-0.05, 0) is 35.0 Å². The summed E-state index contributed by atoms with van der Waals surface area (Å²) in [5, 5.41) is 6.52. The van der Waals surface area contributed by atoms with Crippen LogP contribution in [-0.4, -0.2) is 23.2 Å². The molecule has 4 aromatic rings. The van der Waals surface area contributed by atoms with Gasteiger partial charge in [-0.15, -0.1) is 0 Å². The number of amides is 1. The molecule has 1 amide bonds. The van der Waals surface area contributed by atoms with Gasteiger partial charge in [-0.25, -0.2) is 5.43 Å². The van der Waals surface area contributed by atoms with Gasteiger partial charge in [0.2, 0.25) is 0 Å². The maximum absolute atomic E-state index is 12.3. The van der Waals surface area contributed by atoms with Gasteiger partial charge in [0.25, 0.3) is 5.91 Å². The van der Waals surface area contributed by atoms with Crippen LogP contribution < -0.4 is 10.2 Å². The smallest absolute Gasteiger partial charge is 0.277 e. The van der Waals surface area contributed by atoms with Gasteiger partial charge in [0.15, 0.2) is 6.61 Å². The predicted octanol–water partition coefficient (Wildman–Crippen LogP) is 4.18. The molecule has 0 aliphatic heterocycles. The fourth-order valence-corrected chi connectivity index (χ4v) is 2.96. The lowest BCUT2D eigenvalue weighted by atomic mass is 10.0. The van der Waals surface area contributed by atoms with Gasteiger partial charge in [-0.3, -0.25) is 9.78 Å². The number of aromatic nitrogens is 1. The standard InChI is InChI=1S/C24H19N3O2/c28-23(17-29-22-11-10-18-6-4-5-9-21(18)16-22)26-27-24(19-7-2-1-3-8-19)20-12-14-25-15-13-20/h1-16H,17H2,(H,26,28)/b27-24+. The van der Waals surface area contributed by atoms with E-state index in [9.17, 15) is 4.79 Å². The zero-order chi connectivity index (χ0) is 19.9. The summed E-state index contributed by atoms with van der Waals surface area (Å²) in [6, 6.07) is 27.1. The lowest BCUT2D eigenvalue weighted by Crippen LogP contribution is -2.26. The summed E-state index contributed by atoms with van der Waals surface area (Å²) in [6.07, 6.45) is 3.39. The monoisotopic (exact) mass is 381 g/mol. The number of hydrogen-bond donors (Lipinski definition) is 1. The van der Waals surface area contributed by atoms with E-state index in [1.54, 1.807) is 12.4 Å². The van der Waals surface area contributed by atoms with Crippen molar-refractivity contribution in [2.24, 2.45) is 5.10 Å². The van der Waals surface area contributed by atoms with Crippen molar-refractivity contribution in [1.29, 1.82) is 0 Å². The lowest BCUT2D eigenvalue weighted by Gasteiger charge is -2.09. The first kappa shape index (κ1) is 18.4. The molecule has 0 fully saturated rings. The molecule has 0 spiro atoms. The van der Waals surface area contributed by atoms with E-state index in [0.717, 1.165) is 21.9 Å². The van der Waals surface area contributed by atoms with Crippen LogP contribution in [0.3, 0.4) is 0 Å². The molecular weight excluding hydrogens is 362 g/mol. The van der Waals surface area contributed by atoms with Gasteiger partial charge in [-0.2, -0.15) is 5.10 Å². The highest BCUT2D eigenvalue weighted by Crippen LogP contribution is 2.20. The first-order valence-electron chi connectivity index (χ1n) is 9.23. The molecule has 0 saturated heterocycles. The Balaban J connectivity index is 1.46. The molecule has 1 N–H and O–H groups in total. The number of rotatable bonds is 6. The second-order valence-corrected chi connectivity index (χ2v) is 6.39. The first-order chi connectivity index (χ1) is 14.3. The van der Waals surface area contributed by atoms with Gasteiger partial charge in [-0.1, -0.05) is 60.7 Å². The van der Waals surface area contributed by atoms with E-state index >= 15 is 0 Å². The van der Waals surface area contributed by atoms with Crippen molar-refractivity contribution in [3.8, 4) is 5.75 Å². The molecule has 3 aromatic carbocycles. The Bertz CT molecular complexity index is 1100. The molecule has 0 atom stereocenters. The lowest BCUT2D eigenvalue weighted by molar-refractivity contribution is -0.123. The van der Waals surface area contributed by atoms with Crippen LogP contribution in [0.5, 0.6) is 5.75 Å². The van der Waals surface area contributed by atoms with E-state index in [1.165, 1.54) is 0 Å². The van der Waals surface area contributed by atoms with E-state index in [-0.39, 0.29) is 12.5 Å². The second-order valence-electron chi connectivity index (χ2n) is 6.39. The minimum absolute atomic E-state index is 0.125. The highest BCUT2D eigenvalue weighted by Gasteiger charge is 2.09. The van der Waals surface area contributed by atoms with Gasteiger partial charge < -0.3 is 4.74 Å². The summed E-state index contributed by atoms with van der Waals surface area (Å²) in [7, 11) is 0. The van der Waals surface area contributed by atoms with Gasteiger partial charge in [0.1, 0.15) is 5.75 Å². The molecule has 1 aromatic heterocycles. The van der Waals surface area contributed by atoms with E-state index in [0.29, 0.717) is 11.5 Å². The SMILES string of the molecule is O=C(COc1ccc2ccccc2c1)N/N=C(\c1ccccc1)c1ccncc1. The quantitative estimate of drug-likeness (QED) is 0.402. The van der Waals surface area contributed by atoms with Crippen molar-refractivity contribution in [2.75, 3.05) is 6.61 Å². The summed E-state index contributed by atoms with van der Waals surface area (Å²) >= 11 is 0. The molecule has 0 bridgehead atoms. The topological polar surface area (TPSA) is 63.6 Å². The molecule has 0 unspecified atom stereocenters. The Labute approximate surface area is 168 Å². The Morgan fingerprint density at radius 3 is 2.31 bits per heavy atom. The minimum Gasteiger partial charge on any atom is -0.484 e. The van der Waals surface area contributed by atoms with Crippen molar-refractivity contribution >= 4 is 22.4 Å². The third-order valence-electron chi connectivity index (χ3n) is 4.38. The van der Waals surface area contributed by atoms with Crippen LogP contribution in [0.2, 0.25) is 0 Å². The number of nitrogens with zero attached hydrogens (tertiary/aromatic N) is 2. The van der Waals surface area contributed by atoms with E-state index < -0.39 is 0 Å². The van der Waals surface area contributed by atoms with Gasteiger partial charge in [0, 0.05) is 23.5 Å². The maximum atomic E-state index is 12.3. The van der Waals surface area contributed by atoms with Crippen LogP contribution in [0.15, 0.2) is 102 Å². The average molecular weight is 381 g/mol. The van der Waals surface area contributed by atoms with Crippen molar-refractivity contribution in [3.05, 3.63) is 108 Å². The van der Waals surface area contributed by atoms with Crippen LogP contribution in [0.1, 0.15) is 11.1 Å². The average Bonchev–Trinajstić information content (AvgIpc) is 2.79. The van der Waals surface area contributed by atoms with Crippen molar-refractivity contribution in [1.82, 2.24) is 10.4 Å². The summed E-state index contributed by atoms with van der Waals surface area (Å²) < 4.78 is 5.63.